The number of phenolic OH excluding ortho intramolecular Hbond substituents is 2. The SMILES string of the molecule is CC1OC(OC2C(Oc3ccc(-c4cc(=O)c5c(O)cc(OC6OC(CO)C(O)C(O)C6O)cc5o4)cc3O)OC(CO)C(O)C2O)C(O)C(O)C1O. The van der Waals surface area contributed by atoms with Crippen LogP contribution in [0.5, 0.6) is 23.0 Å². The molecule has 3 fully saturated rings. The van der Waals surface area contributed by atoms with Crippen molar-refractivity contribution in [2.24, 2.45) is 0 Å². The van der Waals surface area contributed by atoms with Gasteiger partial charge in [0.15, 0.2) is 29.3 Å². The van der Waals surface area contributed by atoms with Gasteiger partial charge < -0.3 is 94.1 Å². The molecular formula is C33H40O20. The van der Waals surface area contributed by atoms with E-state index in [9.17, 15) is 66.1 Å². The Bertz CT molecular complexity index is 1800. The van der Waals surface area contributed by atoms with Crippen LogP contribution in [0.4, 0.5) is 0 Å². The van der Waals surface area contributed by atoms with Gasteiger partial charge in [0.05, 0.1) is 19.3 Å². The van der Waals surface area contributed by atoms with E-state index < -0.39 is 122 Å². The molecule has 3 aromatic rings. The Labute approximate surface area is 298 Å². The smallest absolute Gasteiger partial charge is 0.229 e. The normalized spacial score (nSPS) is 37.8. The minimum atomic E-state index is -1.82. The summed E-state index contributed by atoms with van der Waals surface area (Å²) in [6.45, 7) is -0.0911. The van der Waals surface area contributed by atoms with E-state index in [1.165, 1.54) is 25.1 Å². The lowest BCUT2D eigenvalue weighted by Crippen LogP contribution is -2.64. The summed E-state index contributed by atoms with van der Waals surface area (Å²) in [5, 5.41) is 123. The Kier molecular flexibility index (Phi) is 11.5. The van der Waals surface area contributed by atoms with Gasteiger partial charge in [-0.25, -0.2) is 0 Å². The Morgan fingerprint density at radius 2 is 1.26 bits per heavy atom. The molecule has 15 atom stereocenters. The number of hydrogen-bond donors (Lipinski definition) is 12. The fourth-order valence-corrected chi connectivity index (χ4v) is 6.22. The molecule has 292 valence electrons. The van der Waals surface area contributed by atoms with E-state index in [0.717, 1.165) is 18.2 Å². The van der Waals surface area contributed by atoms with Gasteiger partial charge in [-0.15, -0.1) is 0 Å². The van der Waals surface area contributed by atoms with E-state index in [0.29, 0.717) is 0 Å². The van der Waals surface area contributed by atoms with E-state index in [1.807, 2.05) is 0 Å². The molecule has 20 heteroatoms. The van der Waals surface area contributed by atoms with Crippen molar-refractivity contribution in [2.75, 3.05) is 13.2 Å². The highest BCUT2D eigenvalue weighted by Gasteiger charge is 2.51. The summed E-state index contributed by atoms with van der Waals surface area (Å²) in [6.07, 6.45) is -23.9. The predicted octanol–water partition coefficient (Wildman–Crippen LogP) is -3.92. The third-order valence-corrected chi connectivity index (χ3v) is 9.29. The summed E-state index contributed by atoms with van der Waals surface area (Å²) in [5.41, 5.74) is -0.825. The molecule has 0 radical (unpaired) electrons. The van der Waals surface area contributed by atoms with Gasteiger partial charge in [-0.2, -0.15) is 0 Å². The van der Waals surface area contributed by atoms with Crippen molar-refractivity contribution >= 4 is 11.0 Å². The second-order valence-corrected chi connectivity index (χ2v) is 12.9. The summed E-state index contributed by atoms with van der Waals surface area (Å²) in [4.78, 5) is 13.1. The molecular weight excluding hydrogens is 716 g/mol. The van der Waals surface area contributed by atoms with E-state index in [4.69, 9.17) is 32.8 Å². The third-order valence-electron chi connectivity index (χ3n) is 9.29. The molecule has 4 heterocycles. The molecule has 0 bridgehead atoms. The Morgan fingerprint density at radius 3 is 1.92 bits per heavy atom. The van der Waals surface area contributed by atoms with Crippen LogP contribution in [0.15, 0.2) is 45.6 Å². The number of benzene rings is 2. The highest BCUT2D eigenvalue weighted by Crippen LogP contribution is 2.38. The van der Waals surface area contributed by atoms with Crippen molar-refractivity contribution in [3.8, 4) is 34.3 Å². The summed E-state index contributed by atoms with van der Waals surface area (Å²) >= 11 is 0. The highest BCUT2D eigenvalue weighted by atomic mass is 16.8. The first-order valence-electron chi connectivity index (χ1n) is 16.4. The minimum absolute atomic E-state index is 0.106. The van der Waals surface area contributed by atoms with Crippen LogP contribution in [-0.2, 0) is 18.9 Å². The van der Waals surface area contributed by atoms with E-state index in [1.54, 1.807) is 0 Å². The van der Waals surface area contributed by atoms with Crippen LogP contribution in [0, 0.1) is 0 Å². The molecule has 3 aliphatic heterocycles. The van der Waals surface area contributed by atoms with Gasteiger partial charge in [0, 0.05) is 23.8 Å². The molecule has 0 spiro atoms. The van der Waals surface area contributed by atoms with Crippen LogP contribution >= 0.6 is 0 Å². The standard InChI is InChI=1S/C33H40O20/c1-10-22(39)25(42)28(45)31(47-10)53-30-27(44)24(41)20(9-35)52-33(30)50-16-3-2-11(4-13(16)36)17-7-15(38)21-14(37)5-12(6-18(21)49-17)48-32-29(46)26(43)23(40)19(8-34)51-32/h2-7,10,19-20,22-37,39-46H,8-9H2,1H3. The van der Waals surface area contributed by atoms with Crippen molar-refractivity contribution in [1.29, 1.82) is 0 Å². The number of aliphatic hydroxyl groups is 10. The number of rotatable bonds is 9. The van der Waals surface area contributed by atoms with Gasteiger partial charge in [0.25, 0.3) is 0 Å². The van der Waals surface area contributed by atoms with Gasteiger partial charge in [-0.1, -0.05) is 0 Å². The van der Waals surface area contributed by atoms with Gasteiger partial charge >= 0.3 is 0 Å². The first-order valence-corrected chi connectivity index (χ1v) is 16.4. The lowest BCUT2D eigenvalue weighted by Gasteiger charge is -2.45. The molecule has 6 rings (SSSR count). The number of aromatic hydroxyl groups is 2. The number of phenols is 2. The molecule has 3 aliphatic rings. The quantitative estimate of drug-likeness (QED) is 0.0992. The summed E-state index contributed by atoms with van der Waals surface area (Å²) in [6, 6.07) is 6.89. The number of hydrogen-bond acceptors (Lipinski definition) is 20. The Morgan fingerprint density at radius 1 is 0.642 bits per heavy atom. The zero-order valence-corrected chi connectivity index (χ0v) is 27.7. The van der Waals surface area contributed by atoms with Crippen molar-refractivity contribution in [1.82, 2.24) is 0 Å². The molecule has 20 nitrogen and oxygen atoms in total. The van der Waals surface area contributed by atoms with E-state index in [2.05, 4.69) is 0 Å². The molecule has 2 aromatic carbocycles. The fraction of sp³-hybridized carbons (Fsp3) is 0.545. The lowest BCUT2D eigenvalue weighted by molar-refractivity contribution is -0.354. The summed E-state index contributed by atoms with van der Waals surface area (Å²) in [7, 11) is 0. The number of fused-ring (bicyclic) bond motifs is 1. The van der Waals surface area contributed by atoms with Gasteiger partial charge in [-0.05, 0) is 25.1 Å². The van der Waals surface area contributed by atoms with E-state index >= 15 is 0 Å². The maximum Gasteiger partial charge on any atom is 0.229 e. The molecule has 15 unspecified atom stereocenters. The van der Waals surface area contributed by atoms with Crippen molar-refractivity contribution in [3.05, 3.63) is 46.6 Å². The maximum absolute atomic E-state index is 13.1. The zero-order valence-electron chi connectivity index (χ0n) is 27.7. The molecule has 0 amide bonds. The molecule has 0 saturated carbocycles. The van der Waals surface area contributed by atoms with Crippen LogP contribution in [0.3, 0.4) is 0 Å². The Hall–Kier alpha value is -3.71. The molecule has 3 saturated heterocycles. The molecule has 1 aromatic heterocycles. The van der Waals surface area contributed by atoms with Crippen LogP contribution in [0.2, 0.25) is 0 Å². The monoisotopic (exact) mass is 756 g/mol. The van der Waals surface area contributed by atoms with Gasteiger partial charge in [0.1, 0.15) is 89.3 Å². The second-order valence-electron chi connectivity index (χ2n) is 12.9. The predicted molar refractivity (Wildman–Crippen MR) is 171 cm³/mol. The number of aliphatic hydroxyl groups excluding tert-OH is 10. The first kappa shape index (κ1) is 39.0. The lowest BCUT2D eigenvalue weighted by atomic mass is 9.97. The average Bonchev–Trinajstić information content (AvgIpc) is 3.12. The summed E-state index contributed by atoms with van der Waals surface area (Å²) in [5.74, 6) is -1.77. The highest BCUT2D eigenvalue weighted by molar-refractivity contribution is 5.86. The van der Waals surface area contributed by atoms with Crippen LogP contribution in [0.1, 0.15) is 6.92 Å². The maximum atomic E-state index is 13.1. The van der Waals surface area contributed by atoms with Gasteiger partial charge in [-0.3, -0.25) is 4.79 Å². The van der Waals surface area contributed by atoms with Crippen LogP contribution in [-0.4, -0.2) is 167 Å². The molecule has 0 aliphatic carbocycles. The Balaban J connectivity index is 1.25. The third kappa shape index (κ3) is 7.52. The van der Waals surface area contributed by atoms with Crippen LogP contribution < -0.4 is 14.9 Å². The average molecular weight is 757 g/mol. The number of ether oxygens (including phenoxy) is 6. The van der Waals surface area contributed by atoms with Crippen molar-refractivity contribution < 1.29 is 94.1 Å². The topological polar surface area (TPSA) is 328 Å². The van der Waals surface area contributed by atoms with Crippen molar-refractivity contribution in [2.45, 2.75) is 99.0 Å². The van der Waals surface area contributed by atoms with Crippen LogP contribution in [0.25, 0.3) is 22.3 Å². The van der Waals surface area contributed by atoms with E-state index in [-0.39, 0.29) is 33.8 Å². The van der Waals surface area contributed by atoms with Gasteiger partial charge in [0.2, 0.25) is 12.6 Å². The zero-order chi connectivity index (χ0) is 38.5. The largest absolute Gasteiger partial charge is 0.507 e. The fourth-order valence-electron chi connectivity index (χ4n) is 6.22. The minimum Gasteiger partial charge on any atom is -0.507 e. The molecule has 12 N–H and O–H groups in total. The summed E-state index contributed by atoms with van der Waals surface area (Å²) < 4.78 is 39.2. The van der Waals surface area contributed by atoms with Crippen molar-refractivity contribution in [3.63, 3.8) is 0 Å². The molecule has 53 heavy (non-hydrogen) atoms. The first-order chi connectivity index (χ1) is 25.1. The second kappa shape index (κ2) is 15.6.